The Bertz CT molecular complexity index is 885. The zero-order valence-electron chi connectivity index (χ0n) is 16.9. The number of anilines is 1. The summed E-state index contributed by atoms with van der Waals surface area (Å²) in [4.78, 5) is 16.6. The molecule has 5 atom stereocenters. The number of likely N-dealkylation sites (tertiary alicyclic amines) is 1. The van der Waals surface area contributed by atoms with Crippen molar-refractivity contribution in [2.75, 3.05) is 31.2 Å². The molecular formula is C21H28N4O3. The molecule has 1 aromatic carbocycles. The van der Waals surface area contributed by atoms with E-state index in [1.54, 1.807) is 0 Å². The topological polar surface area (TPSA) is 77.4 Å². The van der Waals surface area contributed by atoms with Gasteiger partial charge in [-0.2, -0.15) is 5.10 Å². The van der Waals surface area contributed by atoms with Crippen LogP contribution in [0.4, 0.5) is 5.69 Å². The first kappa shape index (κ1) is 17.9. The summed E-state index contributed by atoms with van der Waals surface area (Å²) in [6.45, 7) is 11.2. The SMILES string of the molecule is CC1c2cc3c(cc2[C@@H](C)C2(C)CN(CCO)C12)N1C(=NNC(=O)[C@H]1C)CO3. The molecule has 3 aliphatic heterocycles. The first-order valence-corrected chi connectivity index (χ1v) is 10.2. The fraction of sp³-hybridized carbons (Fsp3) is 0.619. The van der Waals surface area contributed by atoms with Gasteiger partial charge in [0.25, 0.3) is 5.91 Å². The third kappa shape index (κ3) is 2.17. The average Bonchev–Trinajstić information content (AvgIpc) is 2.67. The summed E-state index contributed by atoms with van der Waals surface area (Å²) < 4.78 is 6.03. The van der Waals surface area contributed by atoms with Gasteiger partial charge in [0.15, 0.2) is 5.84 Å². The van der Waals surface area contributed by atoms with Crippen LogP contribution in [0.25, 0.3) is 0 Å². The maximum Gasteiger partial charge on any atom is 0.262 e. The third-order valence-corrected chi connectivity index (χ3v) is 7.54. The van der Waals surface area contributed by atoms with Crippen LogP contribution in [0.2, 0.25) is 0 Å². The van der Waals surface area contributed by atoms with E-state index < -0.39 is 0 Å². The van der Waals surface area contributed by atoms with Gasteiger partial charge >= 0.3 is 0 Å². The fourth-order valence-corrected chi connectivity index (χ4v) is 5.96. The number of carbonyl (C=O) groups excluding carboxylic acids is 1. The number of aliphatic hydroxyl groups excluding tert-OH is 1. The number of amides is 1. The number of aliphatic hydroxyl groups is 1. The molecule has 3 heterocycles. The monoisotopic (exact) mass is 384 g/mol. The molecule has 0 aromatic heterocycles. The predicted octanol–water partition coefficient (Wildman–Crippen LogP) is 1.62. The van der Waals surface area contributed by atoms with Crippen molar-refractivity contribution in [3.8, 4) is 5.75 Å². The summed E-state index contributed by atoms with van der Waals surface area (Å²) in [6, 6.07) is 4.53. The minimum atomic E-state index is -0.309. The Kier molecular flexibility index (Phi) is 3.81. The second kappa shape index (κ2) is 5.94. The smallest absolute Gasteiger partial charge is 0.262 e. The number of nitrogens with zero attached hydrogens (tertiary/aromatic N) is 3. The van der Waals surface area contributed by atoms with Crippen molar-refractivity contribution < 1.29 is 14.6 Å². The lowest BCUT2D eigenvalue weighted by molar-refractivity contribution is -0.122. The van der Waals surface area contributed by atoms with Gasteiger partial charge in [0.05, 0.1) is 12.3 Å². The van der Waals surface area contributed by atoms with Crippen LogP contribution in [0.5, 0.6) is 5.75 Å². The summed E-state index contributed by atoms with van der Waals surface area (Å²) >= 11 is 0. The van der Waals surface area contributed by atoms with Crippen LogP contribution < -0.4 is 15.1 Å². The van der Waals surface area contributed by atoms with Gasteiger partial charge in [0.2, 0.25) is 0 Å². The van der Waals surface area contributed by atoms with Crippen LogP contribution in [-0.2, 0) is 4.79 Å². The lowest BCUT2D eigenvalue weighted by Gasteiger charge is -2.64. The van der Waals surface area contributed by atoms with Gasteiger partial charge in [-0.15, -0.1) is 0 Å². The predicted molar refractivity (Wildman–Crippen MR) is 107 cm³/mol. The number of ether oxygens (including phenoxy) is 1. The molecule has 7 nitrogen and oxygen atoms in total. The Morgan fingerprint density at radius 1 is 1.32 bits per heavy atom. The zero-order chi connectivity index (χ0) is 19.8. The number of benzene rings is 1. The van der Waals surface area contributed by atoms with Crippen LogP contribution in [0.15, 0.2) is 17.2 Å². The molecule has 150 valence electrons. The number of amidine groups is 1. The van der Waals surface area contributed by atoms with E-state index in [2.05, 4.69) is 48.3 Å². The Hall–Kier alpha value is -2.12. The van der Waals surface area contributed by atoms with E-state index in [0.717, 1.165) is 30.4 Å². The van der Waals surface area contributed by atoms with Crippen LogP contribution in [0.1, 0.15) is 50.7 Å². The molecule has 5 rings (SSSR count). The molecule has 0 saturated carbocycles. The Balaban J connectivity index is 1.61. The first-order valence-electron chi connectivity index (χ1n) is 10.2. The van der Waals surface area contributed by atoms with Crippen LogP contribution in [-0.4, -0.2) is 60.1 Å². The van der Waals surface area contributed by atoms with E-state index in [1.165, 1.54) is 11.1 Å². The van der Waals surface area contributed by atoms with Gasteiger partial charge < -0.3 is 14.7 Å². The van der Waals surface area contributed by atoms with E-state index in [9.17, 15) is 9.90 Å². The molecule has 1 amide bonds. The Morgan fingerprint density at radius 2 is 2.11 bits per heavy atom. The number of hydrazone groups is 1. The van der Waals surface area contributed by atoms with E-state index in [-0.39, 0.29) is 24.0 Å². The third-order valence-electron chi connectivity index (χ3n) is 7.54. The van der Waals surface area contributed by atoms with Crippen molar-refractivity contribution in [1.82, 2.24) is 10.3 Å². The van der Waals surface area contributed by atoms with Gasteiger partial charge in [-0.25, -0.2) is 5.43 Å². The van der Waals surface area contributed by atoms with Crippen molar-refractivity contribution >= 4 is 17.4 Å². The highest BCUT2D eigenvalue weighted by atomic mass is 16.5. The van der Waals surface area contributed by atoms with Crippen molar-refractivity contribution in [2.45, 2.75) is 51.6 Å². The molecule has 0 bridgehead atoms. The second-order valence-electron chi connectivity index (χ2n) is 8.94. The largest absolute Gasteiger partial charge is 0.483 e. The number of carbonyl (C=O) groups is 1. The van der Waals surface area contributed by atoms with Crippen molar-refractivity contribution in [3.63, 3.8) is 0 Å². The van der Waals surface area contributed by atoms with Crippen molar-refractivity contribution in [3.05, 3.63) is 23.3 Å². The van der Waals surface area contributed by atoms with Crippen molar-refractivity contribution in [2.24, 2.45) is 10.5 Å². The zero-order valence-corrected chi connectivity index (χ0v) is 16.9. The maximum atomic E-state index is 12.2. The number of rotatable bonds is 2. The molecule has 7 heteroatoms. The lowest BCUT2D eigenvalue weighted by Crippen LogP contribution is -2.68. The van der Waals surface area contributed by atoms with E-state index in [4.69, 9.17) is 4.74 Å². The highest BCUT2D eigenvalue weighted by molar-refractivity contribution is 6.09. The summed E-state index contributed by atoms with van der Waals surface area (Å²) in [5, 5.41) is 13.6. The van der Waals surface area contributed by atoms with E-state index in [0.29, 0.717) is 24.5 Å². The molecule has 1 saturated heterocycles. The second-order valence-corrected chi connectivity index (χ2v) is 8.94. The number of nitrogens with one attached hydrogen (secondary N) is 1. The van der Waals surface area contributed by atoms with Crippen molar-refractivity contribution in [1.29, 1.82) is 0 Å². The summed E-state index contributed by atoms with van der Waals surface area (Å²) in [7, 11) is 0. The number of hydrogen-bond acceptors (Lipinski definition) is 6. The first-order chi connectivity index (χ1) is 13.4. The molecule has 28 heavy (non-hydrogen) atoms. The molecule has 2 N–H and O–H groups in total. The fourth-order valence-electron chi connectivity index (χ4n) is 5.96. The van der Waals surface area contributed by atoms with Gasteiger partial charge in [-0.05, 0) is 42.0 Å². The Labute approximate surface area is 165 Å². The normalized spacial score (nSPS) is 36.1. The van der Waals surface area contributed by atoms with Gasteiger partial charge in [-0.1, -0.05) is 20.8 Å². The average molecular weight is 384 g/mol. The highest BCUT2D eigenvalue weighted by Gasteiger charge is 2.58. The van der Waals surface area contributed by atoms with Gasteiger partial charge in [-0.3, -0.25) is 9.69 Å². The number of hydrogen-bond donors (Lipinski definition) is 2. The summed E-state index contributed by atoms with van der Waals surface area (Å²) in [6.07, 6.45) is 0. The molecule has 1 fully saturated rings. The van der Waals surface area contributed by atoms with Crippen LogP contribution in [0, 0.1) is 5.41 Å². The molecular weight excluding hydrogens is 356 g/mol. The molecule has 3 unspecified atom stereocenters. The quantitative estimate of drug-likeness (QED) is 0.810. The van der Waals surface area contributed by atoms with Gasteiger partial charge in [0, 0.05) is 24.5 Å². The van der Waals surface area contributed by atoms with Gasteiger partial charge in [0.1, 0.15) is 18.4 Å². The van der Waals surface area contributed by atoms with E-state index >= 15 is 0 Å². The number of β-amino-alcohol motifs (C(OH)–C–C–N with tert-alkyl or cyclic N) is 1. The molecule has 0 radical (unpaired) electrons. The number of fused-ring (bicyclic) bond motifs is 5. The summed E-state index contributed by atoms with van der Waals surface area (Å²) in [5.41, 5.74) is 6.39. The summed E-state index contributed by atoms with van der Waals surface area (Å²) in [5.74, 6) is 2.23. The minimum Gasteiger partial charge on any atom is -0.483 e. The maximum absolute atomic E-state index is 12.2. The molecule has 4 aliphatic rings. The lowest BCUT2D eigenvalue weighted by atomic mass is 9.54. The standard InChI is InChI=1S/C21H28N4O3/c1-11-14-8-17-16(25-13(3)20(27)23-22-18(25)9-28-17)7-15(14)12(2)21(4)10-24(5-6-26)19(11)21/h7-8,11-13,19,26H,5-6,9-10H2,1-4H3,(H,23,27)/t11?,12-,13-,19?,21?/m1/s1. The molecule has 1 aliphatic carbocycles. The van der Waals surface area contributed by atoms with E-state index in [1.807, 2.05) is 11.8 Å². The Morgan fingerprint density at radius 3 is 2.86 bits per heavy atom. The van der Waals surface area contributed by atoms with Crippen LogP contribution in [0.3, 0.4) is 0 Å². The molecule has 1 aromatic rings. The highest BCUT2D eigenvalue weighted by Crippen LogP contribution is 2.59. The molecule has 0 spiro atoms. The van der Waals surface area contributed by atoms with Crippen LogP contribution >= 0.6 is 0 Å². The minimum absolute atomic E-state index is 0.0959.